The van der Waals surface area contributed by atoms with Crippen LogP contribution in [-0.4, -0.2) is 23.9 Å². The van der Waals surface area contributed by atoms with E-state index in [0.29, 0.717) is 11.8 Å². The third-order valence-electron chi connectivity index (χ3n) is 6.39. The van der Waals surface area contributed by atoms with Gasteiger partial charge in [-0.3, -0.25) is 4.79 Å². The lowest BCUT2D eigenvalue weighted by Crippen LogP contribution is -2.48. The fourth-order valence-electron chi connectivity index (χ4n) is 5.34. The number of amides is 1. The summed E-state index contributed by atoms with van der Waals surface area (Å²) in [5.41, 5.74) is 1.31. The Hall–Kier alpha value is -0.790. The molecule has 4 aliphatic rings. The molecular formula is C21H35NO. The molecule has 1 heterocycles. The van der Waals surface area contributed by atoms with Crippen molar-refractivity contribution in [1.82, 2.24) is 4.90 Å². The number of allylic oxidation sites excluding steroid dienone is 1. The summed E-state index contributed by atoms with van der Waals surface area (Å²) >= 11 is 0. The third-order valence-corrected chi connectivity index (χ3v) is 6.39. The minimum atomic E-state index is -0.243. The minimum absolute atomic E-state index is 0.243. The van der Waals surface area contributed by atoms with Crippen molar-refractivity contribution >= 4 is 5.91 Å². The van der Waals surface area contributed by atoms with Crippen LogP contribution in [0.1, 0.15) is 78.6 Å². The predicted octanol–water partition coefficient (Wildman–Crippen LogP) is 5.19. The van der Waals surface area contributed by atoms with E-state index >= 15 is 0 Å². The first-order valence-corrected chi connectivity index (χ1v) is 10.00. The number of carbonyl (C=O) groups is 1. The number of likely N-dealkylation sites (tertiary alicyclic amines) is 1. The van der Waals surface area contributed by atoms with Crippen LogP contribution in [0.5, 0.6) is 0 Å². The number of hydrogen-bond donors (Lipinski definition) is 0. The molecule has 2 fully saturated rings. The maximum atomic E-state index is 13.3. The van der Waals surface area contributed by atoms with Gasteiger partial charge in [-0.1, -0.05) is 38.3 Å². The molecule has 1 saturated carbocycles. The van der Waals surface area contributed by atoms with E-state index in [-0.39, 0.29) is 5.41 Å². The van der Waals surface area contributed by atoms with Crippen molar-refractivity contribution in [1.29, 1.82) is 0 Å². The van der Waals surface area contributed by atoms with Crippen LogP contribution >= 0.6 is 0 Å². The summed E-state index contributed by atoms with van der Waals surface area (Å²) in [5, 5.41) is 0. The number of fused-ring (bicyclic) bond motifs is 4. The number of nitrogens with zero attached hydrogens (tertiary/aromatic N) is 1. The second kappa shape index (κ2) is 6.99. The van der Waals surface area contributed by atoms with E-state index in [9.17, 15) is 4.79 Å². The molecule has 0 aromatic rings. The predicted molar refractivity (Wildman–Crippen MR) is 96.1 cm³/mol. The maximum absolute atomic E-state index is 13.3. The number of piperidine rings is 1. The quantitative estimate of drug-likeness (QED) is 0.654. The van der Waals surface area contributed by atoms with Gasteiger partial charge in [0.25, 0.3) is 0 Å². The van der Waals surface area contributed by atoms with Gasteiger partial charge in [-0.15, -0.1) is 0 Å². The Morgan fingerprint density at radius 2 is 2.17 bits per heavy atom. The molecule has 1 aliphatic heterocycles. The summed E-state index contributed by atoms with van der Waals surface area (Å²) in [7, 11) is 0. The van der Waals surface area contributed by atoms with Crippen LogP contribution in [0.2, 0.25) is 0 Å². The molecule has 2 nitrogen and oxygen atoms in total. The first kappa shape index (κ1) is 17.0. The molecule has 130 valence electrons. The van der Waals surface area contributed by atoms with Gasteiger partial charge in [0.1, 0.15) is 0 Å². The first-order chi connectivity index (χ1) is 11.0. The van der Waals surface area contributed by atoms with Crippen molar-refractivity contribution in [3.05, 3.63) is 11.6 Å². The van der Waals surface area contributed by atoms with E-state index in [1.807, 2.05) is 0 Å². The van der Waals surface area contributed by atoms with E-state index in [4.69, 9.17) is 0 Å². The molecule has 0 radical (unpaired) electrons. The van der Waals surface area contributed by atoms with Gasteiger partial charge in [0.15, 0.2) is 0 Å². The molecule has 3 aliphatic carbocycles. The fraction of sp³-hybridized carbons (Fsp3) is 0.857. The molecule has 3 unspecified atom stereocenters. The SMILES string of the molecule is CCCCC1CCCN(C(=O)C2(C)C=C3CC(C3)CC(C)C2)C1. The second-order valence-electron chi connectivity index (χ2n) is 8.94. The highest BCUT2D eigenvalue weighted by molar-refractivity contribution is 5.84. The molecule has 3 atom stereocenters. The molecular weight excluding hydrogens is 282 g/mol. The van der Waals surface area contributed by atoms with Gasteiger partial charge in [-0.25, -0.2) is 0 Å². The van der Waals surface area contributed by atoms with Crippen LogP contribution in [0.25, 0.3) is 0 Å². The normalized spacial score (nSPS) is 37.4. The summed E-state index contributed by atoms with van der Waals surface area (Å²) < 4.78 is 0. The Bertz CT molecular complexity index is 460. The van der Waals surface area contributed by atoms with Crippen molar-refractivity contribution in [2.24, 2.45) is 23.2 Å². The molecule has 0 aromatic carbocycles. The lowest BCUT2D eigenvalue weighted by atomic mass is 9.65. The number of unbranched alkanes of at least 4 members (excludes halogenated alkanes) is 1. The highest BCUT2D eigenvalue weighted by Gasteiger charge is 2.41. The summed E-state index contributed by atoms with van der Waals surface area (Å²) in [5.74, 6) is 2.74. The summed E-state index contributed by atoms with van der Waals surface area (Å²) in [6, 6.07) is 0. The zero-order valence-electron chi connectivity index (χ0n) is 15.4. The molecule has 4 rings (SSSR count). The summed E-state index contributed by atoms with van der Waals surface area (Å²) in [4.78, 5) is 15.6. The average molecular weight is 318 g/mol. The zero-order valence-corrected chi connectivity index (χ0v) is 15.4. The van der Waals surface area contributed by atoms with E-state index in [0.717, 1.165) is 31.3 Å². The largest absolute Gasteiger partial charge is 0.342 e. The summed E-state index contributed by atoms with van der Waals surface area (Å²) in [6.45, 7) is 8.82. The first-order valence-electron chi connectivity index (χ1n) is 10.00. The van der Waals surface area contributed by atoms with Gasteiger partial charge in [0.2, 0.25) is 5.91 Å². The fourth-order valence-corrected chi connectivity index (χ4v) is 5.34. The van der Waals surface area contributed by atoms with Gasteiger partial charge in [0.05, 0.1) is 5.41 Å². The van der Waals surface area contributed by atoms with E-state index < -0.39 is 0 Å². The van der Waals surface area contributed by atoms with Crippen LogP contribution in [0.15, 0.2) is 11.6 Å². The molecule has 0 spiro atoms. The Labute approximate surface area is 142 Å². The van der Waals surface area contributed by atoms with E-state index in [1.165, 1.54) is 51.4 Å². The molecule has 2 heteroatoms. The second-order valence-corrected chi connectivity index (χ2v) is 8.94. The topological polar surface area (TPSA) is 20.3 Å². The van der Waals surface area contributed by atoms with Crippen molar-refractivity contribution in [2.45, 2.75) is 78.6 Å². The van der Waals surface area contributed by atoms with Crippen LogP contribution in [0.4, 0.5) is 0 Å². The highest BCUT2D eigenvalue weighted by atomic mass is 16.2. The van der Waals surface area contributed by atoms with Crippen LogP contribution in [-0.2, 0) is 4.79 Å². The third kappa shape index (κ3) is 3.83. The molecule has 0 N–H and O–H groups in total. The molecule has 0 aromatic heterocycles. The Morgan fingerprint density at radius 1 is 1.39 bits per heavy atom. The molecule has 1 saturated heterocycles. The zero-order chi connectivity index (χ0) is 16.4. The van der Waals surface area contributed by atoms with Crippen molar-refractivity contribution < 1.29 is 4.79 Å². The van der Waals surface area contributed by atoms with Gasteiger partial charge in [-0.2, -0.15) is 0 Å². The minimum Gasteiger partial charge on any atom is -0.342 e. The van der Waals surface area contributed by atoms with Crippen LogP contribution in [0, 0.1) is 23.2 Å². The van der Waals surface area contributed by atoms with Crippen molar-refractivity contribution in [3.8, 4) is 0 Å². The number of rotatable bonds is 4. The Balaban J connectivity index is 1.69. The standard InChI is InChI=1S/C21H35NO/c1-4-5-7-17-8-6-9-22(15-17)20(23)21(3)13-16(2)10-18-11-19(12-18)14-21/h14,16-18H,4-13,15H2,1-3H3. The monoisotopic (exact) mass is 317 g/mol. The lowest BCUT2D eigenvalue weighted by molar-refractivity contribution is -0.141. The maximum Gasteiger partial charge on any atom is 0.232 e. The summed E-state index contributed by atoms with van der Waals surface area (Å²) in [6.07, 6.45) is 13.6. The van der Waals surface area contributed by atoms with Crippen molar-refractivity contribution in [3.63, 3.8) is 0 Å². The Morgan fingerprint density at radius 3 is 2.91 bits per heavy atom. The van der Waals surface area contributed by atoms with Crippen LogP contribution in [0.3, 0.4) is 0 Å². The van der Waals surface area contributed by atoms with Gasteiger partial charge < -0.3 is 4.90 Å². The Kier molecular flexibility index (Phi) is 5.18. The van der Waals surface area contributed by atoms with E-state index in [2.05, 4.69) is 31.7 Å². The van der Waals surface area contributed by atoms with Crippen LogP contribution < -0.4 is 0 Å². The van der Waals surface area contributed by atoms with E-state index in [1.54, 1.807) is 5.57 Å². The number of carbonyl (C=O) groups excluding carboxylic acids is 1. The highest BCUT2D eigenvalue weighted by Crippen LogP contribution is 2.46. The molecule has 2 bridgehead atoms. The number of hydrogen-bond acceptors (Lipinski definition) is 1. The molecule has 23 heavy (non-hydrogen) atoms. The smallest absolute Gasteiger partial charge is 0.232 e. The average Bonchev–Trinajstić information content (AvgIpc) is 2.48. The van der Waals surface area contributed by atoms with Gasteiger partial charge >= 0.3 is 0 Å². The van der Waals surface area contributed by atoms with Gasteiger partial charge in [-0.05, 0) is 69.6 Å². The molecule has 1 amide bonds. The van der Waals surface area contributed by atoms with Crippen molar-refractivity contribution in [2.75, 3.05) is 13.1 Å². The van der Waals surface area contributed by atoms with Gasteiger partial charge in [0, 0.05) is 13.1 Å². The lowest BCUT2D eigenvalue weighted by Gasteiger charge is -2.43.